The molecule has 0 aromatic carbocycles. The molecular weight excluding hydrogens is 216 g/mol. The Morgan fingerprint density at radius 1 is 1.41 bits per heavy atom. The van der Waals surface area contributed by atoms with Crippen LogP contribution >= 0.6 is 0 Å². The predicted molar refractivity (Wildman–Crippen MR) is 67.0 cm³/mol. The number of carboxylic acids is 1. The fourth-order valence-corrected chi connectivity index (χ4v) is 2.75. The molecule has 0 radical (unpaired) electrons. The van der Waals surface area contributed by atoms with Gasteiger partial charge in [-0.25, -0.2) is 0 Å². The quantitative estimate of drug-likeness (QED) is 0.774. The van der Waals surface area contributed by atoms with E-state index in [0.29, 0.717) is 5.41 Å². The molecule has 4 heteroatoms. The third kappa shape index (κ3) is 2.99. The lowest BCUT2D eigenvalue weighted by atomic mass is 9.76. The molecule has 1 saturated heterocycles. The molecule has 4 nitrogen and oxygen atoms in total. The summed E-state index contributed by atoms with van der Waals surface area (Å²) in [4.78, 5) is 13.3. The van der Waals surface area contributed by atoms with Gasteiger partial charge in [-0.3, -0.25) is 4.79 Å². The van der Waals surface area contributed by atoms with Crippen LogP contribution in [0.5, 0.6) is 0 Å². The van der Waals surface area contributed by atoms with Crippen LogP contribution < -0.4 is 5.32 Å². The van der Waals surface area contributed by atoms with Crippen molar-refractivity contribution in [1.82, 2.24) is 10.2 Å². The molecule has 2 unspecified atom stereocenters. The Kier molecular flexibility index (Phi) is 3.73. The lowest BCUT2D eigenvalue weighted by Gasteiger charge is -2.41. The van der Waals surface area contributed by atoms with Crippen molar-refractivity contribution in [2.24, 2.45) is 11.3 Å². The van der Waals surface area contributed by atoms with Gasteiger partial charge in [0.05, 0.1) is 5.92 Å². The average molecular weight is 240 g/mol. The van der Waals surface area contributed by atoms with E-state index >= 15 is 0 Å². The Morgan fingerprint density at radius 3 is 2.53 bits per heavy atom. The molecule has 2 aliphatic rings. The second-order valence-corrected chi connectivity index (χ2v) is 6.12. The number of piperidine rings is 1. The maximum Gasteiger partial charge on any atom is 0.308 e. The Labute approximate surface area is 103 Å². The van der Waals surface area contributed by atoms with Crippen molar-refractivity contribution < 1.29 is 9.90 Å². The molecule has 98 valence electrons. The summed E-state index contributed by atoms with van der Waals surface area (Å²) in [6.07, 6.45) is 4.28. The highest BCUT2D eigenvalue weighted by Gasteiger charge is 2.38. The van der Waals surface area contributed by atoms with Crippen molar-refractivity contribution >= 4 is 5.97 Å². The predicted octanol–water partition coefficient (Wildman–Crippen LogP) is 1.17. The van der Waals surface area contributed by atoms with Gasteiger partial charge in [-0.1, -0.05) is 6.92 Å². The Balaban J connectivity index is 1.76. The van der Waals surface area contributed by atoms with Gasteiger partial charge in [0.15, 0.2) is 0 Å². The second kappa shape index (κ2) is 4.94. The van der Waals surface area contributed by atoms with Crippen LogP contribution in [-0.4, -0.2) is 48.7 Å². The third-order valence-electron chi connectivity index (χ3n) is 4.58. The minimum Gasteiger partial charge on any atom is -0.481 e. The molecule has 1 aliphatic carbocycles. The summed E-state index contributed by atoms with van der Waals surface area (Å²) in [7, 11) is 2.17. The fraction of sp³-hybridized carbons (Fsp3) is 0.923. The highest BCUT2D eigenvalue weighted by atomic mass is 16.4. The van der Waals surface area contributed by atoms with Gasteiger partial charge in [0.25, 0.3) is 0 Å². The van der Waals surface area contributed by atoms with Gasteiger partial charge in [-0.15, -0.1) is 0 Å². The first-order valence-electron chi connectivity index (χ1n) is 6.65. The molecule has 1 heterocycles. The van der Waals surface area contributed by atoms with E-state index in [2.05, 4.69) is 24.2 Å². The summed E-state index contributed by atoms with van der Waals surface area (Å²) in [5, 5.41) is 12.5. The zero-order chi connectivity index (χ0) is 12.5. The van der Waals surface area contributed by atoms with E-state index in [1.807, 2.05) is 0 Å². The van der Waals surface area contributed by atoms with Crippen LogP contribution in [-0.2, 0) is 4.79 Å². The van der Waals surface area contributed by atoms with Gasteiger partial charge in [-0.05, 0) is 51.2 Å². The Morgan fingerprint density at radius 2 is 2.06 bits per heavy atom. The topological polar surface area (TPSA) is 52.6 Å². The van der Waals surface area contributed by atoms with Crippen molar-refractivity contribution in [2.75, 3.05) is 26.7 Å². The number of rotatable bonds is 4. The smallest absolute Gasteiger partial charge is 0.308 e. The highest BCUT2D eigenvalue weighted by molar-refractivity contribution is 5.72. The summed E-state index contributed by atoms with van der Waals surface area (Å²) in [5.41, 5.74) is 0.352. The molecule has 0 bridgehead atoms. The minimum atomic E-state index is -0.637. The molecule has 0 spiro atoms. The normalized spacial score (nSPS) is 33.1. The monoisotopic (exact) mass is 240 g/mol. The summed E-state index contributed by atoms with van der Waals surface area (Å²) >= 11 is 0. The summed E-state index contributed by atoms with van der Waals surface area (Å²) in [6, 6.07) is 0.212. The van der Waals surface area contributed by atoms with Crippen LogP contribution in [0.1, 0.15) is 32.6 Å². The van der Waals surface area contributed by atoms with Crippen molar-refractivity contribution in [1.29, 1.82) is 0 Å². The zero-order valence-corrected chi connectivity index (χ0v) is 10.9. The van der Waals surface area contributed by atoms with Crippen LogP contribution in [0.3, 0.4) is 0 Å². The lowest BCUT2D eigenvalue weighted by molar-refractivity contribution is -0.146. The van der Waals surface area contributed by atoms with Gasteiger partial charge in [0.1, 0.15) is 0 Å². The molecule has 0 aromatic rings. The summed E-state index contributed by atoms with van der Waals surface area (Å²) in [5.74, 6) is -0.785. The molecule has 0 aromatic heterocycles. The first kappa shape index (κ1) is 12.8. The lowest BCUT2D eigenvalue weighted by Crippen LogP contribution is -2.52. The van der Waals surface area contributed by atoms with Gasteiger partial charge in [-0.2, -0.15) is 0 Å². The zero-order valence-electron chi connectivity index (χ0n) is 10.9. The molecule has 0 amide bonds. The van der Waals surface area contributed by atoms with Crippen LogP contribution in [0.4, 0.5) is 0 Å². The average Bonchev–Trinajstić information content (AvgIpc) is 2.21. The highest BCUT2D eigenvalue weighted by Crippen LogP contribution is 2.32. The molecule has 17 heavy (non-hydrogen) atoms. The van der Waals surface area contributed by atoms with E-state index in [0.717, 1.165) is 32.5 Å². The maximum absolute atomic E-state index is 10.9. The fourth-order valence-electron chi connectivity index (χ4n) is 2.75. The number of nitrogens with zero attached hydrogens (tertiary/aromatic N) is 1. The van der Waals surface area contributed by atoms with E-state index in [-0.39, 0.29) is 12.0 Å². The molecule has 2 atom stereocenters. The first-order valence-corrected chi connectivity index (χ1v) is 6.65. The number of carboxylic acid groups (broad SMARTS) is 1. The molecular formula is C13H24N2O2. The van der Waals surface area contributed by atoms with Crippen molar-refractivity contribution in [3.8, 4) is 0 Å². The molecule has 2 fully saturated rings. The van der Waals surface area contributed by atoms with Gasteiger partial charge in [0.2, 0.25) is 0 Å². The van der Waals surface area contributed by atoms with Gasteiger partial charge in [0, 0.05) is 12.6 Å². The SMILES string of the molecule is CN1CCC(C)(CNC2CCC2C(=O)O)CC1. The van der Waals surface area contributed by atoms with Gasteiger partial charge >= 0.3 is 5.97 Å². The van der Waals surface area contributed by atoms with E-state index < -0.39 is 5.97 Å². The number of carbonyl (C=O) groups is 1. The van der Waals surface area contributed by atoms with E-state index in [9.17, 15) is 4.79 Å². The largest absolute Gasteiger partial charge is 0.481 e. The van der Waals surface area contributed by atoms with Crippen LogP contribution in [0, 0.1) is 11.3 Å². The van der Waals surface area contributed by atoms with E-state index in [4.69, 9.17) is 5.11 Å². The second-order valence-electron chi connectivity index (χ2n) is 6.12. The number of nitrogens with one attached hydrogen (secondary N) is 1. The maximum atomic E-state index is 10.9. The molecule has 1 saturated carbocycles. The standard InChI is InChI=1S/C13H24N2O2/c1-13(5-7-15(2)8-6-13)9-14-11-4-3-10(11)12(16)17/h10-11,14H,3-9H2,1-2H3,(H,16,17). The third-order valence-corrected chi connectivity index (χ3v) is 4.58. The molecule has 1 aliphatic heterocycles. The number of hydrogen-bond donors (Lipinski definition) is 2. The Hall–Kier alpha value is -0.610. The number of likely N-dealkylation sites (tertiary alicyclic amines) is 1. The van der Waals surface area contributed by atoms with E-state index in [1.165, 1.54) is 12.8 Å². The summed E-state index contributed by atoms with van der Waals surface area (Å²) < 4.78 is 0. The van der Waals surface area contributed by atoms with E-state index in [1.54, 1.807) is 0 Å². The Bertz CT molecular complexity index is 285. The molecule has 2 rings (SSSR count). The summed E-state index contributed by atoms with van der Waals surface area (Å²) in [6.45, 7) is 5.60. The minimum absolute atomic E-state index is 0.148. The van der Waals surface area contributed by atoms with Gasteiger partial charge < -0.3 is 15.3 Å². The molecule has 2 N–H and O–H groups in total. The van der Waals surface area contributed by atoms with Crippen molar-refractivity contribution in [2.45, 2.75) is 38.6 Å². The van der Waals surface area contributed by atoms with Crippen molar-refractivity contribution in [3.63, 3.8) is 0 Å². The van der Waals surface area contributed by atoms with Crippen LogP contribution in [0.15, 0.2) is 0 Å². The first-order chi connectivity index (χ1) is 8.00. The number of hydrogen-bond acceptors (Lipinski definition) is 3. The van der Waals surface area contributed by atoms with Crippen LogP contribution in [0.2, 0.25) is 0 Å². The van der Waals surface area contributed by atoms with Crippen LogP contribution in [0.25, 0.3) is 0 Å². The van der Waals surface area contributed by atoms with Crippen molar-refractivity contribution in [3.05, 3.63) is 0 Å². The number of aliphatic carboxylic acids is 1.